The average Bonchev–Trinajstić information content (AvgIpc) is 0.833. The number of anilines is 3. The minimum Gasteiger partial charge on any atom is -0.399 e. The Morgan fingerprint density at radius 3 is 1.08 bits per heavy atom. The van der Waals surface area contributed by atoms with Gasteiger partial charge >= 0.3 is 0 Å². The lowest BCUT2D eigenvalue weighted by atomic mass is 10.1. The molecule has 0 heterocycles. The molecule has 8 unspecified atom stereocenters. The SMILES string of the molecule is CCOC(COP(N(C(C)C)C(C)C)N(C(C)C)C(C)CCC(C)N(C(C)C)P(OCOCCCSC(=O)c1ccc(N)cc1)N(C(C)C)C(C)CCC(C)N(C(C)C)P(OCCOCSC(=O)c1ccc(N)cc1)N(C(C)C)C(C)C)OCCSC(=O)c1ccc(N)cc1. The fraction of sp³-hybridized carbons (Fsp3) is 0.700. The smallest absolute Gasteiger partial charge is 0.221 e. The van der Waals surface area contributed by atoms with Gasteiger partial charge in [-0.25, -0.2) is 28.0 Å². The molecule has 542 valence electrons. The molecule has 3 rings (SSSR count). The van der Waals surface area contributed by atoms with Crippen molar-refractivity contribution in [2.45, 2.75) is 256 Å². The van der Waals surface area contributed by atoms with Crippen molar-refractivity contribution < 1.29 is 46.9 Å². The van der Waals surface area contributed by atoms with Crippen molar-refractivity contribution in [3.05, 3.63) is 89.5 Å². The van der Waals surface area contributed by atoms with Gasteiger partial charge < -0.3 is 49.7 Å². The van der Waals surface area contributed by atoms with Crippen LogP contribution in [0.15, 0.2) is 72.8 Å². The van der Waals surface area contributed by atoms with Crippen LogP contribution in [0, 0.1) is 0 Å². The molecule has 0 aromatic heterocycles. The number of nitrogens with zero attached hydrogens (tertiary/aromatic N) is 6. The van der Waals surface area contributed by atoms with E-state index in [-0.39, 0.29) is 107 Å². The summed E-state index contributed by atoms with van der Waals surface area (Å²) in [5.74, 6) is 1.32. The zero-order valence-corrected chi connectivity index (χ0v) is 66.7. The highest BCUT2D eigenvalue weighted by Crippen LogP contribution is 2.55. The van der Waals surface area contributed by atoms with E-state index in [1.54, 1.807) is 72.8 Å². The largest absolute Gasteiger partial charge is 0.399 e. The summed E-state index contributed by atoms with van der Waals surface area (Å²) in [5, 5.41) is -0.0730. The van der Waals surface area contributed by atoms with Crippen LogP contribution in [0.25, 0.3) is 0 Å². The summed E-state index contributed by atoms with van der Waals surface area (Å²) in [6, 6.07) is 23.0. The zero-order valence-electron chi connectivity index (χ0n) is 61.6. The Labute approximate surface area is 591 Å². The van der Waals surface area contributed by atoms with Gasteiger partial charge in [0.25, 0.3) is 0 Å². The van der Waals surface area contributed by atoms with Gasteiger partial charge in [0.15, 0.2) is 38.4 Å². The first-order valence-electron chi connectivity index (χ1n) is 34.4. The number of benzene rings is 3. The molecule has 0 radical (unpaired) electrons. The van der Waals surface area contributed by atoms with Crippen molar-refractivity contribution in [1.82, 2.24) is 28.0 Å². The Kier molecular flexibility index (Phi) is 42.6. The molecule has 3 aromatic carbocycles. The van der Waals surface area contributed by atoms with E-state index in [0.29, 0.717) is 84.7 Å². The Morgan fingerprint density at radius 2 is 0.726 bits per heavy atom. The molecule has 3 aromatic rings. The fourth-order valence-electron chi connectivity index (χ4n) is 11.4. The number of nitrogens with two attached hydrogens (primary N) is 3. The number of hydrogen-bond donors (Lipinski definition) is 3. The maximum atomic E-state index is 13.0. The fourth-order valence-corrected chi connectivity index (χ4v) is 20.6. The minimum absolute atomic E-state index is 0.0157. The quantitative estimate of drug-likeness (QED) is 0.0207. The van der Waals surface area contributed by atoms with Crippen LogP contribution < -0.4 is 17.2 Å². The molecule has 0 saturated carbocycles. The normalized spacial score (nSPS) is 15.2. The Hall–Kier alpha value is -2.11. The van der Waals surface area contributed by atoms with Crippen molar-refractivity contribution in [3.63, 3.8) is 0 Å². The second-order valence-corrected chi connectivity index (χ2v) is 34.4. The lowest BCUT2D eigenvalue weighted by Crippen LogP contribution is -2.47. The van der Waals surface area contributed by atoms with Gasteiger partial charge in [-0.3, -0.25) is 14.4 Å². The number of thioether (sulfide) groups is 3. The van der Waals surface area contributed by atoms with E-state index < -0.39 is 31.6 Å². The van der Waals surface area contributed by atoms with Crippen molar-refractivity contribution in [1.29, 1.82) is 0 Å². The van der Waals surface area contributed by atoms with Crippen molar-refractivity contribution in [2.75, 3.05) is 81.1 Å². The van der Waals surface area contributed by atoms with Gasteiger partial charge in [-0.15, -0.1) is 0 Å². The molecular formula is C70H124N9O10P3S3. The van der Waals surface area contributed by atoms with Crippen molar-refractivity contribution in [3.8, 4) is 0 Å². The van der Waals surface area contributed by atoms with Crippen LogP contribution in [0.2, 0.25) is 0 Å². The Morgan fingerprint density at radius 1 is 0.389 bits per heavy atom. The monoisotopic (exact) mass is 1440 g/mol. The topological polar surface area (TPSA) is 213 Å². The lowest BCUT2D eigenvalue weighted by molar-refractivity contribution is -0.152. The number of nitrogen functional groups attached to an aromatic ring is 3. The van der Waals surface area contributed by atoms with E-state index in [1.165, 1.54) is 23.5 Å². The molecule has 0 bridgehead atoms. The summed E-state index contributed by atoms with van der Waals surface area (Å²) in [6.07, 6.45) is 3.69. The molecule has 0 saturated heterocycles. The standard InChI is InChI=1S/C70H124N9O10P3S3/c1-22-85-67(86-43-45-94-69(81)62-30-36-65(72)37-31-62)46-88-91(75(51(6)7)52(8)9)77(54(12)13)58(19)25-27-60(21)79(56(16)17)92(89-47-83-40-23-44-93-68(80)61-28-34-64(71)35-29-61)78(55(14)15)59(20)26-24-57(18)76(53(10)11)90(74(49(2)3)50(4)5)87-42-41-84-48-95-70(82)63-32-38-66(73)39-33-63/h28-39,49-60,67H,22-27,40-48,71-73H2,1-21H3. The molecule has 0 aliphatic carbocycles. The van der Waals surface area contributed by atoms with Gasteiger partial charge in [-0.2, -0.15) is 0 Å². The van der Waals surface area contributed by atoms with Crippen LogP contribution in [0.1, 0.15) is 209 Å². The third-order valence-electron chi connectivity index (χ3n) is 15.6. The van der Waals surface area contributed by atoms with Gasteiger partial charge in [-0.05, 0) is 250 Å². The first-order chi connectivity index (χ1) is 44.9. The summed E-state index contributed by atoms with van der Waals surface area (Å²) in [4.78, 5) is 38.8. The van der Waals surface area contributed by atoms with Gasteiger partial charge in [0, 0.05) is 124 Å². The molecule has 0 aliphatic heterocycles. The summed E-state index contributed by atoms with van der Waals surface area (Å²) in [5.41, 5.74) is 21.3. The van der Waals surface area contributed by atoms with Crippen LogP contribution in [-0.4, -0.2) is 186 Å². The summed E-state index contributed by atoms with van der Waals surface area (Å²) in [7, 11) is -3.92. The number of ether oxygens (including phenoxy) is 4. The summed E-state index contributed by atoms with van der Waals surface area (Å²) < 4.78 is 61.5. The Bertz CT molecular complexity index is 2570. The van der Waals surface area contributed by atoms with Gasteiger partial charge in [-0.1, -0.05) is 35.3 Å². The van der Waals surface area contributed by atoms with E-state index >= 15 is 0 Å². The third kappa shape index (κ3) is 30.6. The first kappa shape index (κ1) is 87.1. The molecule has 0 fully saturated rings. The molecule has 0 aliphatic rings. The highest BCUT2D eigenvalue weighted by atomic mass is 32.2. The molecule has 0 spiro atoms. The maximum absolute atomic E-state index is 13.0. The molecule has 6 N–H and O–H groups in total. The summed E-state index contributed by atoms with van der Waals surface area (Å²) >= 11 is 3.65. The molecular weight excluding hydrogens is 1320 g/mol. The van der Waals surface area contributed by atoms with Gasteiger partial charge in [0.2, 0.25) is 15.3 Å². The highest BCUT2D eigenvalue weighted by Gasteiger charge is 2.41. The molecule has 25 heteroatoms. The van der Waals surface area contributed by atoms with Crippen LogP contribution in [-0.2, 0) is 32.5 Å². The van der Waals surface area contributed by atoms with Gasteiger partial charge in [0.05, 0.1) is 32.4 Å². The van der Waals surface area contributed by atoms with E-state index in [0.717, 1.165) is 37.4 Å². The minimum atomic E-state index is -1.39. The average molecular weight is 1440 g/mol. The van der Waals surface area contributed by atoms with Crippen molar-refractivity contribution >= 4 is 93.0 Å². The van der Waals surface area contributed by atoms with Gasteiger partial charge in [0.1, 0.15) is 6.61 Å². The first-order valence-corrected chi connectivity index (χ1v) is 40.8. The molecule has 95 heavy (non-hydrogen) atoms. The molecule has 0 amide bonds. The van der Waals surface area contributed by atoms with E-state index in [1.807, 2.05) is 6.92 Å². The second kappa shape index (κ2) is 46.4. The van der Waals surface area contributed by atoms with E-state index in [4.69, 9.17) is 49.7 Å². The molecule has 8 atom stereocenters. The summed E-state index contributed by atoms with van der Waals surface area (Å²) in [6.45, 7) is 49.8. The number of hydrogen-bond acceptors (Lipinski definition) is 22. The maximum Gasteiger partial charge on any atom is 0.221 e. The third-order valence-corrected chi connectivity index (χ3v) is 27.0. The predicted octanol–water partition coefficient (Wildman–Crippen LogP) is 17.1. The lowest BCUT2D eigenvalue weighted by Gasteiger charge is -2.48. The van der Waals surface area contributed by atoms with Crippen LogP contribution in [0.3, 0.4) is 0 Å². The second-order valence-electron chi connectivity index (χ2n) is 26.3. The number of rotatable bonds is 49. The molecule has 19 nitrogen and oxygen atoms in total. The van der Waals surface area contributed by atoms with Crippen LogP contribution in [0.5, 0.6) is 0 Å². The predicted molar refractivity (Wildman–Crippen MR) is 408 cm³/mol. The zero-order chi connectivity index (χ0) is 71.1. The van der Waals surface area contributed by atoms with E-state index in [2.05, 4.69) is 166 Å². The Balaban J connectivity index is 1.91. The van der Waals surface area contributed by atoms with Crippen LogP contribution >= 0.6 is 60.6 Å². The van der Waals surface area contributed by atoms with Crippen LogP contribution in [0.4, 0.5) is 17.1 Å². The van der Waals surface area contributed by atoms with E-state index in [9.17, 15) is 14.4 Å². The number of carbonyl (C=O) groups excluding carboxylic acids is 3. The van der Waals surface area contributed by atoms with Crippen molar-refractivity contribution in [2.24, 2.45) is 0 Å². The number of carbonyl (C=O) groups is 3. The highest BCUT2D eigenvalue weighted by molar-refractivity contribution is 8.14.